The molecule has 0 aliphatic carbocycles. The highest BCUT2D eigenvalue weighted by atomic mass is 16.8. The number of terminal acetylenes is 1. The zero-order chi connectivity index (χ0) is 18.6. The maximum atomic E-state index is 8.59. The minimum atomic E-state index is -0.756. The summed E-state index contributed by atoms with van der Waals surface area (Å²) in [6.45, 7) is 4.22. The molecule has 3 rings (SSSR count). The van der Waals surface area contributed by atoms with Crippen LogP contribution < -0.4 is 4.74 Å². The number of azide groups is 1. The van der Waals surface area contributed by atoms with E-state index >= 15 is 0 Å². The Hall–Kier alpha value is -2.27. The van der Waals surface area contributed by atoms with Gasteiger partial charge in [0.2, 0.25) is 0 Å². The smallest absolute Gasteiger partial charge is 0.190 e. The topological polar surface area (TPSA) is 94.9 Å². The van der Waals surface area contributed by atoms with Gasteiger partial charge >= 0.3 is 0 Å². The van der Waals surface area contributed by atoms with Gasteiger partial charge in [0, 0.05) is 10.5 Å². The molecular weight excluding hydrogens is 338 g/mol. The van der Waals surface area contributed by atoms with E-state index < -0.39 is 30.4 Å². The fourth-order valence-corrected chi connectivity index (χ4v) is 3.08. The van der Waals surface area contributed by atoms with Crippen LogP contribution in [0.3, 0.4) is 0 Å². The van der Waals surface area contributed by atoms with E-state index in [0.717, 1.165) is 5.56 Å². The van der Waals surface area contributed by atoms with Gasteiger partial charge in [-0.05, 0) is 25.4 Å². The molecule has 0 bridgehead atoms. The molecular formula is C18H21N3O5. The molecule has 2 aliphatic heterocycles. The first-order chi connectivity index (χ1) is 12.5. The van der Waals surface area contributed by atoms with Gasteiger partial charge < -0.3 is 23.7 Å². The van der Waals surface area contributed by atoms with Crippen LogP contribution in [0.1, 0.15) is 19.4 Å². The van der Waals surface area contributed by atoms with E-state index in [9.17, 15) is 0 Å². The Labute approximate surface area is 151 Å². The third kappa shape index (κ3) is 4.10. The minimum Gasteiger partial charge on any atom is -0.481 e. The monoisotopic (exact) mass is 359 g/mol. The molecule has 0 radical (unpaired) electrons. The van der Waals surface area contributed by atoms with Gasteiger partial charge in [0.15, 0.2) is 12.1 Å². The lowest BCUT2D eigenvalue weighted by Gasteiger charge is -2.25. The van der Waals surface area contributed by atoms with E-state index in [2.05, 4.69) is 15.9 Å². The summed E-state index contributed by atoms with van der Waals surface area (Å²) in [5.41, 5.74) is 9.45. The Balaban J connectivity index is 1.71. The number of para-hydroxylation sites is 1. The molecule has 138 valence electrons. The normalized spacial score (nSPS) is 28.8. The molecule has 2 fully saturated rings. The summed E-state index contributed by atoms with van der Waals surface area (Å²) in [7, 11) is 0. The highest BCUT2D eigenvalue weighted by Gasteiger charge is 2.55. The van der Waals surface area contributed by atoms with Gasteiger partial charge in [0.1, 0.15) is 24.6 Å². The van der Waals surface area contributed by atoms with Crippen LogP contribution in [0.2, 0.25) is 0 Å². The van der Waals surface area contributed by atoms with Crippen LogP contribution >= 0.6 is 0 Å². The standard InChI is InChI=1S/C18H21N3O5/c1-4-9-22-13-8-6-5-7-12(13)11-23-15-14(10-20-21-19)24-17-16(15)25-18(2,3)26-17/h1,5-8,14-17H,9-11H2,2-3H3/t14-,15+,16-,17-/m1/s1. The number of fused-ring (bicyclic) bond motifs is 1. The molecule has 1 aromatic carbocycles. The van der Waals surface area contributed by atoms with Crippen LogP contribution in [0.5, 0.6) is 5.75 Å². The van der Waals surface area contributed by atoms with Gasteiger partial charge in [-0.3, -0.25) is 0 Å². The maximum absolute atomic E-state index is 8.59. The van der Waals surface area contributed by atoms with Crippen molar-refractivity contribution >= 4 is 0 Å². The highest BCUT2D eigenvalue weighted by Crippen LogP contribution is 2.39. The number of ether oxygens (including phenoxy) is 5. The van der Waals surface area contributed by atoms with E-state index in [1.807, 2.05) is 38.1 Å². The minimum absolute atomic E-state index is 0.135. The van der Waals surface area contributed by atoms with E-state index in [1.54, 1.807) is 0 Å². The second kappa shape index (κ2) is 7.96. The summed E-state index contributed by atoms with van der Waals surface area (Å²) in [5, 5.41) is 3.60. The van der Waals surface area contributed by atoms with Gasteiger partial charge in [-0.15, -0.1) is 6.42 Å². The lowest BCUT2D eigenvalue weighted by atomic mass is 10.1. The van der Waals surface area contributed by atoms with Gasteiger partial charge in [-0.25, -0.2) is 0 Å². The molecule has 0 aromatic heterocycles. The first-order valence-corrected chi connectivity index (χ1v) is 8.32. The van der Waals surface area contributed by atoms with Crippen LogP contribution in [0.15, 0.2) is 29.4 Å². The third-order valence-electron chi connectivity index (χ3n) is 4.13. The molecule has 0 unspecified atom stereocenters. The van der Waals surface area contributed by atoms with Crippen LogP contribution in [-0.2, 0) is 25.6 Å². The van der Waals surface area contributed by atoms with Gasteiger partial charge in [-0.1, -0.05) is 29.2 Å². The SMILES string of the molecule is C#CCOc1ccccc1CO[C@@H]1[C@H]2OC(C)(C)O[C@H]2O[C@@H]1CN=[N+]=[N-]. The maximum Gasteiger partial charge on any atom is 0.190 e. The molecule has 1 aromatic rings. The first-order valence-electron chi connectivity index (χ1n) is 8.32. The van der Waals surface area contributed by atoms with Crippen molar-refractivity contribution in [2.45, 2.75) is 50.8 Å². The molecule has 8 nitrogen and oxygen atoms in total. The lowest BCUT2D eigenvalue weighted by molar-refractivity contribution is -0.217. The summed E-state index contributed by atoms with van der Waals surface area (Å²) in [6, 6.07) is 7.49. The summed E-state index contributed by atoms with van der Waals surface area (Å²) in [6.07, 6.45) is 3.42. The lowest BCUT2D eigenvalue weighted by Crippen LogP contribution is -2.38. The fraction of sp³-hybridized carbons (Fsp3) is 0.556. The molecule has 0 saturated carbocycles. The number of nitrogens with zero attached hydrogens (tertiary/aromatic N) is 3. The van der Waals surface area contributed by atoms with Crippen molar-refractivity contribution in [2.75, 3.05) is 13.2 Å². The predicted octanol–water partition coefficient (Wildman–Crippen LogP) is 2.77. The summed E-state index contributed by atoms with van der Waals surface area (Å²) in [4.78, 5) is 2.79. The molecule has 2 heterocycles. The van der Waals surface area contributed by atoms with Crippen molar-refractivity contribution in [3.63, 3.8) is 0 Å². The fourth-order valence-electron chi connectivity index (χ4n) is 3.08. The third-order valence-corrected chi connectivity index (χ3v) is 4.13. The van der Waals surface area contributed by atoms with Crippen molar-refractivity contribution in [3.8, 4) is 18.1 Å². The molecule has 0 spiro atoms. The van der Waals surface area contributed by atoms with Crippen molar-refractivity contribution in [2.24, 2.45) is 5.11 Å². The van der Waals surface area contributed by atoms with Crippen molar-refractivity contribution < 1.29 is 23.7 Å². The predicted molar refractivity (Wildman–Crippen MR) is 92.1 cm³/mol. The second-order valence-corrected chi connectivity index (χ2v) is 6.43. The molecule has 2 saturated heterocycles. The van der Waals surface area contributed by atoms with Gasteiger partial charge in [0.25, 0.3) is 0 Å². The van der Waals surface area contributed by atoms with E-state index in [-0.39, 0.29) is 19.8 Å². The zero-order valence-electron chi connectivity index (χ0n) is 14.7. The quantitative estimate of drug-likeness (QED) is 0.323. The van der Waals surface area contributed by atoms with E-state index in [0.29, 0.717) is 5.75 Å². The van der Waals surface area contributed by atoms with E-state index in [4.69, 9.17) is 35.6 Å². The highest BCUT2D eigenvalue weighted by molar-refractivity contribution is 5.33. The Bertz CT molecular complexity index is 726. The van der Waals surface area contributed by atoms with Crippen molar-refractivity contribution in [3.05, 3.63) is 40.3 Å². The molecule has 2 aliphatic rings. The average Bonchev–Trinajstić information content (AvgIpc) is 3.08. The Morgan fingerprint density at radius 1 is 1.35 bits per heavy atom. The Morgan fingerprint density at radius 2 is 2.15 bits per heavy atom. The second-order valence-electron chi connectivity index (χ2n) is 6.43. The van der Waals surface area contributed by atoms with Crippen LogP contribution in [0, 0.1) is 12.3 Å². The number of rotatable bonds is 7. The summed E-state index contributed by atoms with van der Waals surface area (Å²) in [5.74, 6) is 2.35. The zero-order valence-corrected chi connectivity index (χ0v) is 14.7. The van der Waals surface area contributed by atoms with Crippen molar-refractivity contribution in [1.29, 1.82) is 0 Å². The largest absolute Gasteiger partial charge is 0.481 e. The molecule has 8 heteroatoms. The van der Waals surface area contributed by atoms with Gasteiger partial charge in [0.05, 0.1) is 19.3 Å². The molecule has 26 heavy (non-hydrogen) atoms. The van der Waals surface area contributed by atoms with Gasteiger partial charge in [-0.2, -0.15) is 0 Å². The Morgan fingerprint density at radius 3 is 2.92 bits per heavy atom. The first kappa shape index (κ1) is 18.5. The number of hydrogen-bond acceptors (Lipinski definition) is 6. The number of benzene rings is 1. The molecule has 4 atom stereocenters. The van der Waals surface area contributed by atoms with Crippen molar-refractivity contribution in [1.82, 2.24) is 0 Å². The average molecular weight is 359 g/mol. The number of hydrogen-bond donors (Lipinski definition) is 0. The summed E-state index contributed by atoms with van der Waals surface area (Å²) >= 11 is 0. The van der Waals surface area contributed by atoms with Crippen LogP contribution in [0.4, 0.5) is 0 Å². The van der Waals surface area contributed by atoms with Crippen LogP contribution in [0.25, 0.3) is 10.4 Å². The summed E-state index contributed by atoms with van der Waals surface area (Å²) < 4.78 is 29.1. The molecule has 0 N–H and O–H groups in total. The Kier molecular flexibility index (Phi) is 5.67. The molecule has 0 amide bonds. The van der Waals surface area contributed by atoms with E-state index in [1.165, 1.54) is 0 Å². The van der Waals surface area contributed by atoms with Crippen LogP contribution in [-0.4, -0.2) is 43.5 Å².